The number of hydrogen-bond donors (Lipinski definition) is 1. The first-order chi connectivity index (χ1) is 9.57. The Morgan fingerprint density at radius 1 is 1.15 bits per heavy atom. The van der Waals surface area contributed by atoms with Gasteiger partial charge in [0, 0.05) is 0 Å². The number of benzene rings is 2. The Balaban J connectivity index is 2.29. The maximum atomic E-state index is 9.80. The van der Waals surface area contributed by atoms with E-state index in [0.29, 0.717) is 5.75 Å². The monoisotopic (exact) mass is 268 g/mol. The van der Waals surface area contributed by atoms with Gasteiger partial charge in [-0.15, -0.1) is 0 Å². The molecule has 20 heavy (non-hydrogen) atoms. The Morgan fingerprint density at radius 3 is 2.65 bits per heavy atom. The summed E-state index contributed by atoms with van der Waals surface area (Å²) in [6, 6.07) is 12.0. The first-order valence-corrected chi connectivity index (χ1v) is 7.08. The maximum Gasteiger partial charge on any atom is 0.119 e. The van der Waals surface area contributed by atoms with Crippen LogP contribution in [-0.4, -0.2) is 12.2 Å². The van der Waals surface area contributed by atoms with Crippen LogP contribution in [-0.2, 0) is 11.8 Å². The highest BCUT2D eigenvalue weighted by Crippen LogP contribution is 2.46. The normalized spacial score (nSPS) is 20.1. The van der Waals surface area contributed by atoms with Crippen molar-refractivity contribution in [2.24, 2.45) is 0 Å². The topological polar surface area (TPSA) is 29.5 Å². The Kier molecular flexibility index (Phi) is 2.97. The molecular weight excluding hydrogens is 248 g/mol. The van der Waals surface area contributed by atoms with Crippen LogP contribution < -0.4 is 4.74 Å². The number of ether oxygens (including phenoxy) is 1. The van der Waals surface area contributed by atoms with Crippen LogP contribution in [0.3, 0.4) is 0 Å². The van der Waals surface area contributed by atoms with Gasteiger partial charge in [-0.25, -0.2) is 0 Å². The summed E-state index contributed by atoms with van der Waals surface area (Å²) in [6.45, 7) is 4.55. The van der Waals surface area contributed by atoms with E-state index in [4.69, 9.17) is 4.74 Å². The van der Waals surface area contributed by atoms with E-state index < -0.39 is 0 Å². The van der Waals surface area contributed by atoms with E-state index in [9.17, 15) is 5.11 Å². The molecule has 1 unspecified atom stereocenters. The van der Waals surface area contributed by atoms with Gasteiger partial charge in [-0.1, -0.05) is 26.0 Å². The molecule has 0 bridgehead atoms. The summed E-state index contributed by atoms with van der Waals surface area (Å²) >= 11 is 0. The van der Waals surface area contributed by atoms with E-state index in [1.807, 2.05) is 18.2 Å². The molecule has 0 saturated heterocycles. The van der Waals surface area contributed by atoms with E-state index in [1.54, 1.807) is 13.2 Å². The van der Waals surface area contributed by atoms with Crippen LogP contribution in [0.25, 0.3) is 11.1 Å². The third-order valence-corrected chi connectivity index (χ3v) is 4.62. The van der Waals surface area contributed by atoms with Crippen molar-refractivity contribution in [1.82, 2.24) is 0 Å². The molecule has 0 fully saturated rings. The number of phenolic OH excluding ortho intramolecular Hbond substituents is 1. The van der Waals surface area contributed by atoms with E-state index in [1.165, 1.54) is 16.7 Å². The molecule has 0 aromatic heterocycles. The Labute approximate surface area is 120 Å². The summed E-state index contributed by atoms with van der Waals surface area (Å²) in [6.07, 6.45) is 2.10. The number of fused-ring (bicyclic) bond motifs is 3. The molecule has 1 aliphatic carbocycles. The number of methoxy groups -OCH3 is 1. The lowest BCUT2D eigenvalue weighted by Crippen LogP contribution is -2.28. The highest BCUT2D eigenvalue weighted by atomic mass is 16.5. The maximum absolute atomic E-state index is 9.80. The molecule has 2 heteroatoms. The van der Waals surface area contributed by atoms with Gasteiger partial charge in [-0.05, 0) is 64.8 Å². The minimum Gasteiger partial charge on any atom is -0.508 e. The third-order valence-electron chi connectivity index (χ3n) is 4.62. The molecule has 0 heterocycles. The first-order valence-electron chi connectivity index (χ1n) is 7.08. The second-order valence-corrected chi connectivity index (χ2v) is 5.84. The van der Waals surface area contributed by atoms with Gasteiger partial charge >= 0.3 is 0 Å². The number of phenols is 1. The smallest absolute Gasteiger partial charge is 0.119 e. The molecule has 0 saturated carbocycles. The standard InChI is InChI=1S/C18H20O2/c1-4-18(2)11-12-5-6-13(19)9-15(12)16-10-14(20-3)7-8-17(16)18/h5-10,19H,4,11H2,1-3H3. The van der Waals surface area contributed by atoms with Gasteiger partial charge in [0.2, 0.25) is 0 Å². The van der Waals surface area contributed by atoms with Crippen molar-refractivity contribution in [3.05, 3.63) is 47.5 Å². The molecule has 1 atom stereocenters. The SMILES string of the molecule is CCC1(C)Cc2ccc(O)cc2-c2cc(OC)ccc21. The zero-order valence-corrected chi connectivity index (χ0v) is 12.2. The largest absolute Gasteiger partial charge is 0.508 e. The molecule has 2 aromatic carbocycles. The van der Waals surface area contributed by atoms with Crippen LogP contribution in [0.4, 0.5) is 0 Å². The molecule has 0 spiro atoms. The fourth-order valence-corrected chi connectivity index (χ4v) is 3.20. The van der Waals surface area contributed by atoms with E-state index in [2.05, 4.69) is 26.0 Å². The molecular formula is C18H20O2. The predicted molar refractivity (Wildman–Crippen MR) is 81.4 cm³/mol. The molecule has 2 aromatic rings. The Morgan fingerprint density at radius 2 is 1.95 bits per heavy atom. The van der Waals surface area contributed by atoms with Crippen LogP contribution in [0, 0.1) is 0 Å². The molecule has 1 N–H and O–H groups in total. The van der Waals surface area contributed by atoms with Gasteiger partial charge < -0.3 is 9.84 Å². The lowest BCUT2D eigenvalue weighted by atomic mass is 9.67. The summed E-state index contributed by atoms with van der Waals surface area (Å²) < 4.78 is 5.36. The number of hydrogen-bond acceptors (Lipinski definition) is 2. The number of rotatable bonds is 2. The summed E-state index contributed by atoms with van der Waals surface area (Å²) in [5.41, 5.74) is 5.11. The van der Waals surface area contributed by atoms with Crippen LogP contribution in [0.1, 0.15) is 31.4 Å². The van der Waals surface area contributed by atoms with Crippen LogP contribution >= 0.6 is 0 Å². The van der Waals surface area contributed by atoms with E-state index in [0.717, 1.165) is 24.2 Å². The van der Waals surface area contributed by atoms with Gasteiger partial charge in [0.25, 0.3) is 0 Å². The van der Waals surface area contributed by atoms with Crippen molar-refractivity contribution >= 4 is 0 Å². The zero-order chi connectivity index (χ0) is 14.3. The summed E-state index contributed by atoms with van der Waals surface area (Å²) in [7, 11) is 1.69. The molecule has 1 aliphatic rings. The fourth-order valence-electron chi connectivity index (χ4n) is 3.20. The second kappa shape index (κ2) is 4.55. The number of aromatic hydroxyl groups is 1. The van der Waals surface area contributed by atoms with Crippen molar-refractivity contribution in [2.45, 2.75) is 32.1 Å². The van der Waals surface area contributed by atoms with Crippen LogP contribution in [0.15, 0.2) is 36.4 Å². The van der Waals surface area contributed by atoms with E-state index in [-0.39, 0.29) is 5.41 Å². The van der Waals surface area contributed by atoms with Gasteiger partial charge in [-0.2, -0.15) is 0 Å². The van der Waals surface area contributed by atoms with Crippen molar-refractivity contribution in [3.8, 4) is 22.6 Å². The Bertz CT molecular complexity index is 660. The second-order valence-electron chi connectivity index (χ2n) is 5.84. The first kappa shape index (κ1) is 13.0. The summed E-state index contributed by atoms with van der Waals surface area (Å²) in [5.74, 6) is 1.18. The minimum absolute atomic E-state index is 0.144. The quantitative estimate of drug-likeness (QED) is 0.880. The van der Waals surface area contributed by atoms with Crippen LogP contribution in [0.2, 0.25) is 0 Å². The molecule has 0 aliphatic heterocycles. The van der Waals surface area contributed by atoms with Gasteiger partial charge in [0.05, 0.1) is 7.11 Å². The van der Waals surface area contributed by atoms with Gasteiger partial charge in [0.1, 0.15) is 11.5 Å². The van der Waals surface area contributed by atoms with E-state index >= 15 is 0 Å². The highest BCUT2D eigenvalue weighted by Gasteiger charge is 2.33. The molecule has 3 rings (SSSR count). The lowest BCUT2D eigenvalue weighted by Gasteiger charge is -2.36. The average molecular weight is 268 g/mol. The molecule has 104 valence electrons. The Hall–Kier alpha value is -1.96. The zero-order valence-electron chi connectivity index (χ0n) is 12.2. The van der Waals surface area contributed by atoms with Crippen molar-refractivity contribution in [3.63, 3.8) is 0 Å². The lowest BCUT2D eigenvalue weighted by molar-refractivity contribution is 0.412. The van der Waals surface area contributed by atoms with Gasteiger partial charge in [0.15, 0.2) is 0 Å². The average Bonchev–Trinajstić information content (AvgIpc) is 2.48. The fraction of sp³-hybridized carbons (Fsp3) is 0.333. The summed E-state index contributed by atoms with van der Waals surface area (Å²) in [5, 5.41) is 9.80. The molecule has 0 radical (unpaired) electrons. The molecule has 2 nitrogen and oxygen atoms in total. The minimum atomic E-state index is 0.144. The van der Waals surface area contributed by atoms with Gasteiger partial charge in [-0.3, -0.25) is 0 Å². The van der Waals surface area contributed by atoms with Crippen molar-refractivity contribution in [2.75, 3.05) is 7.11 Å². The highest BCUT2D eigenvalue weighted by molar-refractivity contribution is 5.77. The van der Waals surface area contributed by atoms with Crippen molar-refractivity contribution in [1.29, 1.82) is 0 Å². The molecule has 0 amide bonds. The van der Waals surface area contributed by atoms with Crippen LogP contribution in [0.5, 0.6) is 11.5 Å². The summed E-state index contributed by atoms with van der Waals surface area (Å²) in [4.78, 5) is 0. The van der Waals surface area contributed by atoms with Crippen molar-refractivity contribution < 1.29 is 9.84 Å². The third kappa shape index (κ3) is 1.87. The predicted octanol–water partition coefficient (Wildman–Crippen LogP) is 4.29.